The van der Waals surface area contributed by atoms with Gasteiger partial charge in [0.1, 0.15) is 0 Å². The average Bonchev–Trinajstić information content (AvgIpc) is 3.26. The molecule has 2 aromatic rings. The normalized spacial score (nSPS) is 20.0. The number of piperazine rings is 1. The number of hydrogen-bond donors (Lipinski definition) is 0. The van der Waals surface area contributed by atoms with Crippen molar-refractivity contribution in [2.45, 2.75) is 26.3 Å². The van der Waals surface area contributed by atoms with Crippen molar-refractivity contribution in [3.8, 4) is 11.5 Å². The molecule has 2 fully saturated rings. The van der Waals surface area contributed by atoms with E-state index in [1.54, 1.807) is 0 Å². The van der Waals surface area contributed by atoms with Gasteiger partial charge in [-0.25, -0.2) is 0 Å². The van der Waals surface area contributed by atoms with Gasteiger partial charge in [-0.15, -0.1) is 0 Å². The Morgan fingerprint density at radius 1 is 1.09 bits per heavy atom. The number of benzene rings is 1. The number of nitrogens with zero attached hydrogens (tertiary/aromatic N) is 4. The molecule has 1 aliphatic carbocycles. The zero-order chi connectivity index (χ0) is 15.6. The predicted molar refractivity (Wildman–Crippen MR) is 88.9 cm³/mol. The first kappa shape index (κ1) is 14.8. The molecule has 5 nitrogen and oxygen atoms in total. The van der Waals surface area contributed by atoms with Gasteiger partial charge in [-0.2, -0.15) is 4.98 Å². The average molecular weight is 312 g/mol. The molecule has 2 aliphatic rings. The van der Waals surface area contributed by atoms with E-state index in [0.29, 0.717) is 5.89 Å². The third-order valence-corrected chi connectivity index (χ3v) is 4.89. The molecular formula is C18H24N4O. The quantitative estimate of drug-likeness (QED) is 0.849. The fourth-order valence-electron chi connectivity index (χ4n) is 3.24. The molecule has 2 heterocycles. The van der Waals surface area contributed by atoms with Crippen LogP contribution in [0.5, 0.6) is 0 Å². The van der Waals surface area contributed by atoms with E-state index in [0.717, 1.165) is 42.5 Å². The molecule has 0 unspecified atom stereocenters. The lowest BCUT2D eigenvalue weighted by atomic mass is 10.1. The summed E-state index contributed by atoms with van der Waals surface area (Å²) in [6.45, 7) is 8.68. The summed E-state index contributed by atoms with van der Waals surface area (Å²) in [6, 6.07) is 8.13. The van der Waals surface area contributed by atoms with Crippen LogP contribution in [-0.2, 0) is 6.54 Å². The van der Waals surface area contributed by atoms with Crippen molar-refractivity contribution in [1.82, 2.24) is 19.9 Å². The second-order valence-electron chi connectivity index (χ2n) is 6.85. The van der Waals surface area contributed by atoms with Crippen LogP contribution in [0.15, 0.2) is 28.8 Å². The van der Waals surface area contributed by atoms with Crippen molar-refractivity contribution < 1.29 is 4.52 Å². The van der Waals surface area contributed by atoms with Crippen molar-refractivity contribution in [2.24, 2.45) is 5.92 Å². The highest BCUT2D eigenvalue weighted by molar-refractivity contribution is 5.57. The van der Waals surface area contributed by atoms with Crippen molar-refractivity contribution in [2.75, 3.05) is 32.7 Å². The van der Waals surface area contributed by atoms with Crippen LogP contribution in [0.3, 0.4) is 0 Å². The molecule has 0 amide bonds. The van der Waals surface area contributed by atoms with E-state index in [9.17, 15) is 0 Å². The van der Waals surface area contributed by atoms with Gasteiger partial charge in [-0.1, -0.05) is 23.4 Å². The molecule has 0 bridgehead atoms. The highest BCUT2D eigenvalue weighted by Crippen LogP contribution is 2.30. The first-order valence-corrected chi connectivity index (χ1v) is 8.61. The Morgan fingerprint density at radius 2 is 1.83 bits per heavy atom. The Labute approximate surface area is 137 Å². The highest BCUT2D eigenvalue weighted by Gasteiger charge is 2.26. The molecule has 1 saturated carbocycles. The minimum atomic E-state index is 0.630. The summed E-state index contributed by atoms with van der Waals surface area (Å²) < 4.78 is 5.46. The number of hydrogen-bond acceptors (Lipinski definition) is 5. The van der Waals surface area contributed by atoms with Crippen molar-refractivity contribution in [1.29, 1.82) is 0 Å². The summed E-state index contributed by atoms with van der Waals surface area (Å²) in [5.74, 6) is 2.40. The maximum atomic E-state index is 5.46. The van der Waals surface area contributed by atoms with Crippen LogP contribution in [0.2, 0.25) is 0 Å². The Hall–Kier alpha value is -1.72. The van der Waals surface area contributed by atoms with Gasteiger partial charge < -0.3 is 9.42 Å². The first-order valence-electron chi connectivity index (χ1n) is 8.61. The van der Waals surface area contributed by atoms with Crippen LogP contribution in [-0.4, -0.2) is 52.7 Å². The fourth-order valence-corrected chi connectivity index (χ4v) is 3.24. The van der Waals surface area contributed by atoms with E-state index in [4.69, 9.17) is 4.52 Å². The number of aryl methyl sites for hydroxylation is 1. The lowest BCUT2D eigenvalue weighted by Crippen LogP contribution is -2.46. The van der Waals surface area contributed by atoms with E-state index in [-0.39, 0.29) is 0 Å². The van der Waals surface area contributed by atoms with E-state index < -0.39 is 0 Å². The van der Waals surface area contributed by atoms with Gasteiger partial charge in [0.2, 0.25) is 0 Å². The summed E-state index contributed by atoms with van der Waals surface area (Å²) in [5.41, 5.74) is 2.19. The SMILES string of the molecule is Cc1ccccc1-c1nc(CN2CCN(CC3CC3)CC2)no1. The van der Waals surface area contributed by atoms with Crippen LogP contribution in [0.25, 0.3) is 11.5 Å². The third kappa shape index (κ3) is 3.62. The maximum absolute atomic E-state index is 5.46. The molecule has 1 aromatic carbocycles. The zero-order valence-corrected chi connectivity index (χ0v) is 13.7. The molecule has 0 atom stereocenters. The molecule has 5 heteroatoms. The molecule has 0 N–H and O–H groups in total. The molecule has 1 aromatic heterocycles. The van der Waals surface area contributed by atoms with E-state index in [2.05, 4.69) is 32.9 Å². The lowest BCUT2D eigenvalue weighted by Gasteiger charge is -2.34. The van der Waals surface area contributed by atoms with Gasteiger partial charge >= 0.3 is 0 Å². The van der Waals surface area contributed by atoms with Crippen LogP contribution >= 0.6 is 0 Å². The van der Waals surface area contributed by atoms with Crippen LogP contribution in [0.1, 0.15) is 24.2 Å². The lowest BCUT2D eigenvalue weighted by molar-refractivity contribution is 0.120. The number of aromatic nitrogens is 2. The fraction of sp³-hybridized carbons (Fsp3) is 0.556. The molecule has 23 heavy (non-hydrogen) atoms. The van der Waals surface area contributed by atoms with Gasteiger partial charge in [0.05, 0.1) is 6.54 Å². The predicted octanol–water partition coefficient (Wildman–Crippen LogP) is 2.57. The summed E-state index contributed by atoms with van der Waals surface area (Å²) in [7, 11) is 0. The van der Waals surface area contributed by atoms with Gasteiger partial charge in [0.15, 0.2) is 5.82 Å². The van der Waals surface area contributed by atoms with Crippen LogP contribution < -0.4 is 0 Å². The topological polar surface area (TPSA) is 45.4 Å². The van der Waals surface area contributed by atoms with Crippen molar-refractivity contribution in [3.05, 3.63) is 35.7 Å². The smallest absolute Gasteiger partial charge is 0.258 e. The van der Waals surface area contributed by atoms with Crippen molar-refractivity contribution in [3.63, 3.8) is 0 Å². The Morgan fingerprint density at radius 3 is 2.57 bits per heavy atom. The highest BCUT2D eigenvalue weighted by atomic mass is 16.5. The van der Waals surface area contributed by atoms with Gasteiger partial charge in [0.25, 0.3) is 5.89 Å². The standard InChI is InChI=1S/C18H24N4O/c1-14-4-2-3-5-16(14)18-19-17(20-23-18)13-22-10-8-21(9-11-22)12-15-6-7-15/h2-5,15H,6-13H2,1H3. The molecule has 0 radical (unpaired) electrons. The molecule has 1 aliphatic heterocycles. The minimum absolute atomic E-state index is 0.630. The molecule has 4 rings (SSSR count). The molecule has 122 valence electrons. The Kier molecular flexibility index (Phi) is 4.14. The molecule has 1 saturated heterocycles. The van der Waals surface area contributed by atoms with Gasteiger partial charge in [-0.05, 0) is 37.3 Å². The van der Waals surface area contributed by atoms with Crippen molar-refractivity contribution >= 4 is 0 Å². The minimum Gasteiger partial charge on any atom is -0.334 e. The molecule has 0 spiro atoms. The van der Waals surface area contributed by atoms with Crippen LogP contribution in [0.4, 0.5) is 0 Å². The largest absolute Gasteiger partial charge is 0.334 e. The summed E-state index contributed by atoms with van der Waals surface area (Å²) in [6.07, 6.45) is 2.87. The monoisotopic (exact) mass is 312 g/mol. The van der Waals surface area contributed by atoms with E-state index in [1.165, 1.54) is 32.5 Å². The van der Waals surface area contributed by atoms with E-state index in [1.807, 2.05) is 18.2 Å². The zero-order valence-electron chi connectivity index (χ0n) is 13.7. The second-order valence-corrected chi connectivity index (χ2v) is 6.85. The maximum Gasteiger partial charge on any atom is 0.258 e. The second kappa shape index (κ2) is 6.42. The number of rotatable bonds is 5. The first-order chi connectivity index (χ1) is 11.3. The Balaban J connectivity index is 1.34. The summed E-state index contributed by atoms with van der Waals surface area (Å²) in [5, 5.41) is 4.16. The van der Waals surface area contributed by atoms with Crippen LogP contribution in [0, 0.1) is 12.8 Å². The Bertz CT molecular complexity index is 657. The van der Waals surface area contributed by atoms with Gasteiger partial charge in [0, 0.05) is 38.3 Å². The van der Waals surface area contributed by atoms with Gasteiger partial charge in [-0.3, -0.25) is 4.90 Å². The third-order valence-electron chi connectivity index (χ3n) is 4.89. The van der Waals surface area contributed by atoms with E-state index >= 15 is 0 Å². The summed E-state index contributed by atoms with van der Waals surface area (Å²) >= 11 is 0. The molecular weight excluding hydrogens is 288 g/mol. The summed E-state index contributed by atoms with van der Waals surface area (Å²) in [4.78, 5) is 9.61.